The number of carbonyl (C=O) groups is 1. The van der Waals surface area contributed by atoms with Gasteiger partial charge in [-0.15, -0.1) is 0 Å². The van der Waals surface area contributed by atoms with E-state index in [1.165, 1.54) is 0 Å². The summed E-state index contributed by atoms with van der Waals surface area (Å²) in [6.45, 7) is 4.02. The Hall–Kier alpha value is -3.32. The number of benzene rings is 2. The summed E-state index contributed by atoms with van der Waals surface area (Å²) < 4.78 is 0. The lowest BCUT2D eigenvalue weighted by Gasteiger charge is -2.20. The number of carbonyl (C=O) groups excluding carboxylic acids is 1. The number of allylic oxidation sites excluding steroid dienone is 1. The van der Waals surface area contributed by atoms with Crippen molar-refractivity contribution in [1.29, 1.82) is 5.26 Å². The summed E-state index contributed by atoms with van der Waals surface area (Å²) in [6.07, 6.45) is 5.01. The van der Waals surface area contributed by atoms with Gasteiger partial charge in [0, 0.05) is 17.6 Å². The lowest BCUT2D eigenvalue weighted by Crippen LogP contribution is -2.29. The van der Waals surface area contributed by atoms with Crippen LogP contribution in [0.2, 0.25) is 0 Å². The highest BCUT2D eigenvalue weighted by Crippen LogP contribution is 2.27. The Balaban J connectivity index is 1.80. The molecule has 0 heterocycles. The maximum Gasteiger partial charge on any atom is 0.166 e. The van der Waals surface area contributed by atoms with E-state index in [1.54, 1.807) is 12.3 Å². The van der Waals surface area contributed by atoms with Crippen LogP contribution in [0, 0.1) is 31.1 Å². The minimum atomic E-state index is -0.530. The zero-order valence-corrected chi connectivity index (χ0v) is 14.9. The Morgan fingerprint density at radius 1 is 1.08 bits per heavy atom. The summed E-state index contributed by atoms with van der Waals surface area (Å²) in [5.41, 5.74) is 4.49. The van der Waals surface area contributed by atoms with Crippen LogP contribution in [0.1, 0.15) is 11.1 Å². The first-order valence-electron chi connectivity index (χ1n) is 8.55. The number of hydrogen-bond donors (Lipinski definition) is 2. The van der Waals surface area contributed by atoms with Gasteiger partial charge in [-0.05, 0) is 55.3 Å². The maximum atomic E-state index is 12.4. The average Bonchev–Trinajstić information content (AvgIpc) is 2.96. The fraction of sp³-hybridized carbons (Fsp3) is 0.182. The Morgan fingerprint density at radius 3 is 2.38 bits per heavy atom. The summed E-state index contributed by atoms with van der Waals surface area (Å²) in [6, 6.07) is 17.8. The van der Waals surface area contributed by atoms with Gasteiger partial charge in [0.15, 0.2) is 5.78 Å². The molecule has 0 saturated heterocycles. The van der Waals surface area contributed by atoms with Crippen LogP contribution in [0.5, 0.6) is 0 Å². The minimum Gasteiger partial charge on any atom is -0.378 e. The highest BCUT2D eigenvalue weighted by atomic mass is 16.1. The van der Waals surface area contributed by atoms with E-state index in [9.17, 15) is 10.1 Å². The van der Waals surface area contributed by atoms with Crippen molar-refractivity contribution in [3.8, 4) is 6.07 Å². The molecule has 2 N–H and O–H groups in total. The van der Waals surface area contributed by atoms with Crippen LogP contribution in [0.15, 0.2) is 72.5 Å². The molecule has 130 valence electrons. The van der Waals surface area contributed by atoms with Gasteiger partial charge in [0.25, 0.3) is 0 Å². The molecule has 1 aliphatic carbocycles. The van der Waals surface area contributed by atoms with Gasteiger partial charge >= 0.3 is 0 Å². The van der Waals surface area contributed by atoms with Crippen molar-refractivity contribution in [3.63, 3.8) is 0 Å². The molecule has 0 spiro atoms. The van der Waals surface area contributed by atoms with Crippen molar-refractivity contribution >= 4 is 17.2 Å². The van der Waals surface area contributed by atoms with Crippen molar-refractivity contribution < 1.29 is 4.79 Å². The number of nitrogens with zero attached hydrogens (tertiary/aromatic N) is 1. The Kier molecular flexibility index (Phi) is 5.19. The van der Waals surface area contributed by atoms with E-state index in [0.29, 0.717) is 5.57 Å². The molecule has 3 rings (SSSR count). The molecular weight excluding hydrogens is 322 g/mol. The zero-order chi connectivity index (χ0) is 18.5. The van der Waals surface area contributed by atoms with E-state index < -0.39 is 5.92 Å². The van der Waals surface area contributed by atoms with E-state index >= 15 is 0 Å². The molecule has 0 saturated carbocycles. The van der Waals surface area contributed by atoms with Crippen molar-refractivity contribution in [1.82, 2.24) is 0 Å². The zero-order valence-electron chi connectivity index (χ0n) is 14.9. The van der Waals surface area contributed by atoms with Gasteiger partial charge in [-0.25, -0.2) is 0 Å². The standard InChI is InChI=1S/C22H21N3O/c1-15-5-3-7-18(11-15)24-14-17(13-23)22-20(9-10-21(22)26)25-19-8-4-6-16(2)12-19/h3-12,14,20,22,24-25H,1-2H3/b17-14+/t20-,22+/m1/s1. The van der Waals surface area contributed by atoms with Crippen molar-refractivity contribution in [2.24, 2.45) is 5.92 Å². The molecule has 4 nitrogen and oxygen atoms in total. The Morgan fingerprint density at radius 2 is 1.73 bits per heavy atom. The predicted octanol–water partition coefficient (Wildman–Crippen LogP) is 4.36. The number of aryl methyl sites for hydroxylation is 2. The predicted molar refractivity (Wildman–Crippen MR) is 105 cm³/mol. The summed E-state index contributed by atoms with van der Waals surface area (Å²) >= 11 is 0. The third-order valence-electron chi connectivity index (χ3n) is 4.36. The largest absolute Gasteiger partial charge is 0.378 e. The van der Waals surface area contributed by atoms with Gasteiger partial charge in [0.05, 0.1) is 23.6 Å². The molecule has 2 aromatic rings. The number of anilines is 2. The first kappa shape index (κ1) is 17.5. The van der Waals surface area contributed by atoms with Crippen molar-refractivity contribution in [3.05, 3.63) is 83.6 Å². The van der Waals surface area contributed by atoms with Gasteiger partial charge in [-0.2, -0.15) is 5.26 Å². The van der Waals surface area contributed by atoms with Crippen LogP contribution in [-0.4, -0.2) is 11.8 Å². The van der Waals surface area contributed by atoms with Crippen LogP contribution in [-0.2, 0) is 4.79 Å². The highest BCUT2D eigenvalue weighted by molar-refractivity contribution is 5.98. The fourth-order valence-corrected chi connectivity index (χ4v) is 3.08. The molecule has 0 unspecified atom stereocenters. The topological polar surface area (TPSA) is 64.9 Å². The van der Waals surface area contributed by atoms with Crippen LogP contribution in [0.25, 0.3) is 0 Å². The number of hydrogen-bond acceptors (Lipinski definition) is 4. The highest BCUT2D eigenvalue weighted by Gasteiger charge is 2.33. The monoisotopic (exact) mass is 343 g/mol. The van der Waals surface area contributed by atoms with Gasteiger partial charge < -0.3 is 10.6 Å². The van der Waals surface area contributed by atoms with Crippen molar-refractivity contribution in [2.75, 3.05) is 10.6 Å². The average molecular weight is 343 g/mol. The molecular formula is C22H21N3O. The number of rotatable bonds is 5. The van der Waals surface area contributed by atoms with Crippen LogP contribution in [0.3, 0.4) is 0 Å². The molecule has 2 atom stereocenters. The molecule has 2 aromatic carbocycles. The second kappa shape index (κ2) is 7.71. The van der Waals surface area contributed by atoms with Gasteiger partial charge in [-0.1, -0.05) is 30.3 Å². The third kappa shape index (κ3) is 4.01. The van der Waals surface area contributed by atoms with E-state index in [1.807, 2.05) is 68.5 Å². The summed E-state index contributed by atoms with van der Waals surface area (Å²) in [5, 5.41) is 16.1. The first-order valence-corrected chi connectivity index (χ1v) is 8.55. The minimum absolute atomic E-state index is 0.0611. The lowest BCUT2D eigenvalue weighted by atomic mass is 9.93. The first-order chi connectivity index (χ1) is 12.6. The van der Waals surface area contributed by atoms with Crippen molar-refractivity contribution in [2.45, 2.75) is 19.9 Å². The summed E-state index contributed by atoms with van der Waals surface area (Å²) in [7, 11) is 0. The number of nitriles is 1. The normalized spacial score (nSPS) is 19.3. The molecule has 0 aliphatic heterocycles. The van der Waals surface area contributed by atoms with Gasteiger partial charge in [-0.3, -0.25) is 4.79 Å². The lowest BCUT2D eigenvalue weighted by molar-refractivity contribution is -0.116. The van der Waals surface area contributed by atoms with Crippen LogP contribution in [0.4, 0.5) is 11.4 Å². The number of nitrogens with one attached hydrogen (secondary N) is 2. The maximum absolute atomic E-state index is 12.4. The quantitative estimate of drug-likeness (QED) is 0.792. The van der Waals surface area contributed by atoms with E-state index in [0.717, 1.165) is 22.5 Å². The SMILES string of the molecule is Cc1cccc(N/C=C(\C#N)[C@@H]2C(=O)C=C[C@H]2Nc2cccc(C)c2)c1. The van der Waals surface area contributed by atoms with Gasteiger partial charge in [0.2, 0.25) is 0 Å². The van der Waals surface area contributed by atoms with Crippen LogP contribution >= 0.6 is 0 Å². The molecule has 4 heteroatoms. The Labute approximate surface area is 153 Å². The molecule has 26 heavy (non-hydrogen) atoms. The van der Waals surface area contributed by atoms with E-state index in [2.05, 4.69) is 16.7 Å². The van der Waals surface area contributed by atoms with Gasteiger partial charge in [0.1, 0.15) is 0 Å². The molecule has 0 bridgehead atoms. The van der Waals surface area contributed by atoms with E-state index in [4.69, 9.17) is 0 Å². The molecule has 0 amide bonds. The molecule has 0 fully saturated rings. The number of ketones is 1. The smallest absolute Gasteiger partial charge is 0.166 e. The second-order valence-electron chi connectivity index (χ2n) is 6.50. The molecule has 0 radical (unpaired) electrons. The third-order valence-corrected chi connectivity index (χ3v) is 4.36. The van der Waals surface area contributed by atoms with E-state index in [-0.39, 0.29) is 11.8 Å². The summed E-state index contributed by atoms with van der Waals surface area (Å²) in [4.78, 5) is 12.4. The van der Waals surface area contributed by atoms with Crippen LogP contribution < -0.4 is 10.6 Å². The molecule has 1 aliphatic rings. The summed E-state index contributed by atoms with van der Waals surface area (Å²) in [5.74, 6) is -0.591. The molecule has 0 aromatic heterocycles. The Bertz CT molecular complexity index is 921. The fourth-order valence-electron chi connectivity index (χ4n) is 3.08. The second-order valence-corrected chi connectivity index (χ2v) is 6.50.